The van der Waals surface area contributed by atoms with Gasteiger partial charge in [0, 0.05) is 11.1 Å². The van der Waals surface area contributed by atoms with Crippen LogP contribution in [0.4, 0.5) is 5.69 Å². The molecular formula is C15H11ClN2O6. The molecule has 0 unspecified atom stereocenters. The molecule has 124 valence electrons. The average molecular weight is 351 g/mol. The van der Waals surface area contributed by atoms with Crippen molar-refractivity contribution in [2.45, 2.75) is 0 Å². The van der Waals surface area contributed by atoms with Gasteiger partial charge in [0.1, 0.15) is 5.75 Å². The van der Waals surface area contributed by atoms with Gasteiger partial charge in [0.2, 0.25) is 5.75 Å². The first kappa shape index (κ1) is 17.2. The highest BCUT2D eigenvalue weighted by molar-refractivity contribution is 6.30. The van der Waals surface area contributed by atoms with Crippen LogP contribution in [0.25, 0.3) is 0 Å². The molecule has 2 aromatic carbocycles. The fourth-order valence-electron chi connectivity index (χ4n) is 1.73. The summed E-state index contributed by atoms with van der Waals surface area (Å²) in [6.45, 7) is -0.520. The Hall–Kier alpha value is -3.13. The first-order valence-corrected chi connectivity index (χ1v) is 6.92. The Balaban J connectivity index is 2.14. The molecule has 0 aliphatic rings. The second-order valence-electron chi connectivity index (χ2n) is 4.54. The molecule has 0 saturated carbocycles. The number of nitrogens with two attached hydrogens (primary N) is 1. The molecule has 1 amide bonds. The van der Waals surface area contributed by atoms with Crippen LogP contribution in [-0.2, 0) is 9.53 Å². The lowest BCUT2D eigenvalue weighted by molar-refractivity contribution is -0.385. The van der Waals surface area contributed by atoms with E-state index >= 15 is 0 Å². The quantitative estimate of drug-likeness (QED) is 0.485. The fraction of sp³-hybridized carbons (Fsp3) is 0.0667. The zero-order valence-electron chi connectivity index (χ0n) is 12.1. The first-order valence-electron chi connectivity index (χ1n) is 6.54. The summed E-state index contributed by atoms with van der Waals surface area (Å²) in [5.74, 6) is -1.21. The Labute approximate surface area is 140 Å². The number of nitro benzene ring substituents is 1. The Kier molecular flexibility index (Phi) is 5.33. The van der Waals surface area contributed by atoms with Gasteiger partial charge < -0.3 is 15.2 Å². The van der Waals surface area contributed by atoms with Crippen molar-refractivity contribution in [3.8, 4) is 11.5 Å². The van der Waals surface area contributed by atoms with Crippen molar-refractivity contribution in [3.05, 3.63) is 63.2 Å². The molecule has 0 fully saturated rings. The van der Waals surface area contributed by atoms with Crippen LogP contribution in [0.3, 0.4) is 0 Å². The van der Waals surface area contributed by atoms with Gasteiger partial charge in [-0.25, -0.2) is 4.79 Å². The van der Waals surface area contributed by atoms with Crippen molar-refractivity contribution in [2.24, 2.45) is 5.73 Å². The Morgan fingerprint density at radius 2 is 1.83 bits per heavy atom. The fourth-order valence-corrected chi connectivity index (χ4v) is 1.89. The molecule has 8 nitrogen and oxygen atoms in total. The van der Waals surface area contributed by atoms with Gasteiger partial charge in [0.05, 0.1) is 10.5 Å². The summed E-state index contributed by atoms with van der Waals surface area (Å²) in [6, 6.07) is 9.64. The van der Waals surface area contributed by atoms with Crippen LogP contribution in [0.5, 0.6) is 11.5 Å². The zero-order chi connectivity index (χ0) is 17.7. The molecule has 24 heavy (non-hydrogen) atoms. The Bertz CT molecular complexity index is 791. The number of halogens is 1. The topological polar surface area (TPSA) is 122 Å². The SMILES string of the molecule is NC(=O)COC(=O)c1ccc(Oc2ccc(Cl)cc2[N+](=O)[O-])cc1. The normalized spacial score (nSPS) is 10.0. The van der Waals surface area contributed by atoms with Gasteiger partial charge in [-0.2, -0.15) is 0 Å². The second kappa shape index (κ2) is 7.42. The van der Waals surface area contributed by atoms with Gasteiger partial charge in [-0.15, -0.1) is 0 Å². The minimum atomic E-state index is -0.765. The standard InChI is InChI=1S/C15H11ClN2O6/c16-10-3-6-13(12(7-10)18(21)22)24-11-4-1-9(2-5-11)15(20)23-8-14(17)19/h1-7H,8H2,(H2,17,19). The van der Waals surface area contributed by atoms with E-state index in [0.29, 0.717) is 0 Å². The molecule has 0 aliphatic heterocycles. The number of ether oxygens (including phenoxy) is 2. The molecule has 0 aliphatic carbocycles. The van der Waals surface area contributed by atoms with Crippen molar-refractivity contribution < 1.29 is 24.0 Å². The van der Waals surface area contributed by atoms with Crippen molar-refractivity contribution in [1.82, 2.24) is 0 Å². The molecule has 0 saturated heterocycles. The number of primary amides is 1. The highest BCUT2D eigenvalue weighted by atomic mass is 35.5. The Morgan fingerprint density at radius 3 is 2.42 bits per heavy atom. The number of carbonyl (C=O) groups excluding carboxylic acids is 2. The van der Waals surface area contributed by atoms with Crippen molar-refractivity contribution in [1.29, 1.82) is 0 Å². The molecule has 0 aromatic heterocycles. The number of nitrogens with zero attached hydrogens (tertiary/aromatic N) is 1. The molecular weight excluding hydrogens is 340 g/mol. The maximum absolute atomic E-state index is 11.6. The van der Waals surface area contributed by atoms with Crippen molar-refractivity contribution in [2.75, 3.05) is 6.61 Å². The average Bonchev–Trinajstić information content (AvgIpc) is 2.54. The minimum absolute atomic E-state index is 0.00783. The van der Waals surface area contributed by atoms with Gasteiger partial charge in [-0.1, -0.05) is 11.6 Å². The number of carbonyl (C=O) groups is 2. The second-order valence-corrected chi connectivity index (χ2v) is 4.97. The lowest BCUT2D eigenvalue weighted by atomic mass is 10.2. The molecule has 0 bridgehead atoms. The summed E-state index contributed by atoms with van der Waals surface area (Å²) in [7, 11) is 0. The monoisotopic (exact) mass is 350 g/mol. The van der Waals surface area contributed by atoms with E-state index in [1.807, 2.05) is 0 Å². The molecule has 2 aromatic rings. The summed E-state index contributed by atoms with van der Waals surface area (Å²) in [5.41, 5.74) is 4.77. The molecule has 2 rings (SSSR count). The number of hydrogen-bond acceptors (Lipinski definition) is 6. The molecule has 0 heterocycles. The lowest BCUT2D eigenvalue weighted by Crippen LogP contribution is -2.20. The predicted octanol–water partition coefficient (Wildman–Crippen LogP) is 2.68. The highest BCUT2D eigenvalue weighted by Crippen LogP contribution is 2.33. The summed E-state index contributed by atoms with van der Waals surface area (Å²) in [6.07, 6.45) is 0. The summed E-state index contributed by atoms with van der Waals surface area (Å²) >= 11 is 5.73. The molecule has 0 spiro atoms. The summed E-state index contributed by atoms with van der Waals surface area (Å²) < 4.78 is 10.1. The number of esters is 1. The third kappa shape index (κ3) is 4.43. The van der Waals surface area contributed by atoms with Gasteiger partial charge in [-0.05, 0) is 36.4 Å². The molecule has 9 heteroatoms. The van der Waals surface area contributed by atoms with Gasteiger partial charge in [0.15, 0.2) is 6.61 Å². The van der Waals surface area contributed by atoms with Crippen LogP contribution < -0.4 is 10.5 Å². The van der Waals surface area contributed by atoms with Crippen LogP contribution in [0.2, 0.25) is 5.02 Å². The number of nitro groups is 1. The van der Waals surface area contributed by atoms with Crippen molar-refractivity contribution in [3.63, 3.8) is 0 Å². The number of amides is 1. The van der Waals surface area contributed by atoms with E-state index in [2.05, 4.69) is 4.74 Å². The van der Waals surface area contributed by atoms with Crippen LogP contribution in [-0.4, -0.2) is 23.4 Å². The van der Waals surface area contributed by atoms with E-state index in [1.54, 1.807) is 0 Å². The maximum atomic E-state index is 11.6. The van der Waals surface area contributed by atoms with Crippen LogP contribution in [0, 0.1) is 10.1 Å². The molecule has 2 N–H and O–H groups in total. The van der Waals surface area contributed by atoms with E-state index in [1.165, 1.54) is 42.5 Å². The third-order valence-electron chi connectivity index (χ3n) is 2.78. The Morgan fingerprint density at radius 1 is 1.17 bits per heavy atom. The van der Waals surface area contributed by atoms with Crippen LogP contribution in [0.15, 0.2) is 42.5 Å². The number of rotatable bonds is 6. The molecule has 0 atom stereocenters. The summed E-state index contributed by atoms with van der Waals surface area (Å²) in [4.78, 5) is 32.6. The predicted molar refractivity (Wildman–Crippen MR) is 84.1 cm³/mol. The van der Waals surface area contributed by atoms with Crippen LogP contribution in [0.1, 0.15) is 10.4 Å². The highest BCUT2D eigenvalue weighted by Gasteiger charge is 2.17. The van der Waals surface area contributed by atoms with Gasteiger partial charge in [0.25, 0.3) is 5.91 Å². The minimum Gasteiger partial charge on any atom is -0.452 e. The van der Waals surface area contributed by atoms with E-state index in [9.17, 15) is 19.7 Å². The third-order valence-corrected chi connectivity index (χ3v) is 3.02. The molecule has 0 radical (unpaired) electrons. The largest absolute Gasteiger partial charge is 0.452 e. The smallest absolute Gasteiger partial charge is 0.338 e. The summed E-state index contributed by atoms with van der Waals surface area (Å²) in [5, 5.41) is 11.2. The van der Waals surface area contributed by atoms with Crippen molar-refractivity contribution >= 4 is 29.2 Å². The number of hydrogen-bond donors (Lipinski definition) is 1. The van der Waals surface area contributed by atoms with E-state index in [-0.39, 0.29) is 27.8 Å². The van der Waals surface area contributed by atoms with Gasteiger partial charge >= 0.3 is 11.7 Å². The number of benzene rings is 2. The van der Waals surface area contributed by atoms with E-state index < -0.39 is 23.4 Å². The van der Waals surface area contributed by atoms with E-state index in [0.717, 1.165) is 0 Å². The lowest BCUT2D eigenvalue weighted by Gasteiger charge is -2.07. The van der Waals surface area contributed by atoms with Crippen LogP contribution >= 0.6 is 11.6 Å². The van der Waals surface area contributed by atoms with Gasteiger partial charge in [-0.3, -0.25) is 14.9 Å². The zero-order valence-corrected chi connectivity index (χ0v) is 12.9. The first-order chi connectivity index (χ1) is 11.4. The maximum Gasteiger partial charge on any atom is 0.338 e. The van der Waals surface area contributed by atoms with E-state index in [4.69, 9.17) is 22.1 Å².